The third kappa shape index (κ3) is 2.97. The van der Waals surface area contributed by atoms with Crippen molar-refractivity contribution < 1.29 is 0 Å². The van der Waals surface area contributed by atoms with Crippen LogP contribution >= 0.6 is 15.9 Å². The Hall–Kier alpha value is -0.500. The van der Waals surface area contributed by atoms with Crippen molar-refractivity contribution in [3.05, 3.63) is 28.2 Å². The normalized spacial score (nSPS) is 16.9. The molecule has 2 rings (SSSR count). The Morgan fingerprint density at radius 1 is 1.33 bits per heavy atom. The molecule has 0 aliphatic heterocycles. The first-order valence-electron chi connectivity index (χ1n) is 5.76. The van der Waals surface area contributed by atoms with E-state index in [1.807, 2.05) is 0 Å². The van der Waals surface area contributed by atoms with Gasteiger partial charge in [0, 0.05) is 16.7 Å². The number of anilines is 1. The summed E-state index contributed by atoms with van der Waals surface area (Å²) in [6, 6.07) is 6.45. The minimum absolute atomic E-state index is 0.886. The van der Waals surface area contributed by atoms with Gasteiger partial charge in [-0.2, -0.15) is 0 Å². The van der Waals surface area contributed by atoms with Crippen LogP contribution in [0.3, 0.4) is 0 Å². The summed E-state index contributed by atoms with van der Waals surface area (Å²) in [6.07, 6.45) is 5.63. The van der Waals surface area contributed by atoms with Gasteiger partial charge in [0.1, 0.15) is 0 Å². The van der Waals surface area contributed by atoms with E-state index in [4.69, 9.17) is 0 Å². The van der Waals surface area contributed by atoms with Crippen LogP contribution in [0.2, 0.25) is 0 Å². The molecule has 0 spiro atoms. The monoisotopic (exact) mass is 267 g/mol. The van der Waals surface area contributed by atoms with E-state index in [9.17, 15) is 0 Å². The number of hydrogen-bond acceptors (Lipinski definition) is 1. The Bertz CT molecular complexity index is 329. The Kier molecular flexibility index (Phi) is 3.68. The summed E-state index contributed by atoms with van der Waals surface area (Å²) < 4.78 is 1.17. The Morgan fingerprint density at radius 3 is 2.80 bits per heavy atom. The van der Waals surface area contributed by atoms with Crippen LogP contribution in [0.4, 0.5) is 5.69 Å². The molecule has 1 aliphatic rings. The summed E-state index contributed by atoms with van der Waals surface area (Å²) in [4.78, 5) is 0. The first-order chi connectivity index (χ1) is 7.25. The van der Waals surface area contributed by atoms with Crippen LogP contribution in [0.15, 0.2) is 22.7 Å². The molecule has 0 aromatic heterocycles. The van der Waals surface area contributed by atoms with E-state index in [1.54, 1.807) is 0 Å². The maximum absolute atomic E-state index is 3.58. The third-order valence-corrected chi connectivity index (χ3v) is 3.87. The van der Waals surface area contributed by atoms with Crippen molar-refractivity contribution in [2.24, 2.45) is 5.92 Å². The molecule has 15 heavy (non-hydrogen) atoms. The Balaban J connectivity index is 1.94. The fourth-order valence-electron chi connectivity index (χ4n) is 2.24. The van der Waals surface area contributed by atoms with E-state index in [1.165, 1.54) is 41.4 Å². The largest absolute Gasteiger partial charge is 0.384 e. The lowest BCUT2D eigenvalue weighted by atomic mass is 10.1. The molecule has 1 saturated carbocycles. The summed E-state index contributed by atoms with van der Waals surface area (Å²) in [5, 5.41) is 3.55. The maximum Gasteiger partial charge on any atom is 0.0487 e. The summed E-state index contributed by atoms with van der Waals surface area (Å²) in [5.41, 5.74) is 2.55. The second-order valence-corrected chi connectivity index (χ2v) is 5.37. The first-order valence-corrected chi connectivity index (χ1v) is 6.55. The topological polar surface area (TPSA) is 12.0 Å². The number of rotatable bonds is 3. The quantitative estimate of drug-likeness (QED) is 0.858. The van der Waals surface area contributed by atoms with Crippen LogP contribution in [0.1, 0.15) is 31.2 Å². The smallest absolute Gasteiger partial charge is 0.0487 e. The van der Waals surface area contributed by atoms with E-state index in [2.05, 4.69) is 46.4 Å². The van der Waals surface area contributed by atoms with Gasteiger partial charge in [-0.05, 0) is 59.3 Å². The molecule has 2 heteroatoms. The van der Waals surface area contributed by atoms with Gasteiger partial charge >= 0.3 is 0 Å². The first kappa shape index (κ1) is 11.0. The summed E-state index contributed by atoms with van der Waals surface area (Å²) >= 11 is 3.58. The molecule has 1 fully saturated rings. The van der Waals surface area contributed by atoms with Crippen LogP contribution in [-0.2, 0) is 0 Å². The molecule has 0 amide bonds. The van der Waals surface area contributed by atoms with E-state index < -0.39 is 0 Å². The summed E-state index contributed by atoms with van der Waals surface area (Å²) in [5.74, 6) is 0.886. The van der Waals surface area contributed by atoms with Crippen LogP contribution in [-0.4, -0.2) is 6.54 Å². The van der Waals surface area contributed by atoms with Crippen LogP contribution < -0.4 is 5.32 Å². The molecule has 1 nitrogen and oxygen atoms in total. The molecule has 0 heterocycles. The lowest BCUT2D eigenvalue weighted by molar-refractivity contribution is 0.580. The fraction of sp³-hybridized carbons (Fsp3) is 0.538. The van der Waals surface area contributed by atoms with Gasteiger partial charge in [-0.1, -0.05) is 18.9 Å². The molecular formula is C13H18BrN. The molecule has 0 atom stereocenters. The van der Waals surface area contributed by atoms with Crippen molar-refractivity contribution in [2.75, 3.05) is 11.9 Å². The average molecular weight is 268 g/mol. The van der Waals surface area contributed by atoms with Crippen molar-refractivity contribution in [3.63, 3.8) is 0 Å². The van der Waals surface area contributed by atoms with Crippen molar-refractivity contribution in [2.45, 2.75) is 32.6 Å². The Morgan fingerprint density at radius 2 is 2.07 bits per heavy atom. The molecule has 0 bridgehead atoms. The average Bonchev–Trinajstić information content (AvgIpc) is 2.72. The number of hydrogen-bond donors (Lipinski definition) is 1. The highest BCUT2D eigenvalue weighted by molar-refractivity contribution is 9.10. The predicted molar refractivity (Wildman–Crippen MR) is 69.3 cm³/mol. The molecule has 1 aromatic rings. The van der Waals surface area contributed by atoms with Gasteiger partial charge in [0.2, 0.25) is 0 Å². The predicted octanol–water partition coefficient (Wildman–Crippen LogP) is 4.36. The highest BCUT2D eigenvalue weighted by Crippen LogP contribution is 2.27. The standard InChI is InChI=1S/C13H18BrN/c1-10-6-7-12(14)13(8-10)15-9-11-4-2-3-5-11/h6-8,11,15H,2-5,9H2,1H3. The molecule has 1 N–H and O–H groups in total. The number of nitrogens with one attached hydrogen (secondary N) is 1. The van der Waals surface area contributed by atoms with Gasteiger partial charge in [-0.25, -0.2) is 0 Å². The zero-order valence-corrected chi connectivity index (χ0v) is 10.8. The van der Waals surface area contributed by atoms with E-state index in [0.717, 1.165) is 12.5 Å². The zero-order valence-electron chi connectivity index (χ0n) is 9.22. The van der Waals surface area contributed by atoms with Gasteiger partial charge in [0.15, 0.2) is 0 Å². The lowest BCUT2D eigenvalue weighted by Gasteiger charge is -2.13. The van der Waals surface area contributed by atoms with Gasteiger partial charge in [-0.3, -0.25) is 0 Å². The third-order valence-electron chi connectivity index (χ3n) is 3.18. The van der Waals surface area contributed by atoms with Crippen LogP contribution in [0.25, 0.3) is 0 Å². The number of benzene rings is 1. The van der Waals surface area contributed by atoms with Gasteiger partial charge < -0.3 is 5.32 Å². The second-order valence-electron chi connectivity index (χ2n) is 4.51. The summed E-state index contributed by atoms with van der Waals surface area (Å²) in [7, 11) is 0. The minimum atomic E-state index is 0.886. The molecular weight excluding hydrogens is 250 g/mol. The number of aryl methyl sites for hydroxylation is 1. The molecule has 0 unspecified atom stereocenters. The van der Waals surface area contributed by atoms with Crippen molar-refractivity contribution in [3.8, 4) is 0 Å². The molecule has 82 valence electrons. The second kappa shape index (κ2) is 5.02. The minimum Gasteiger partial charge on any atom is -0.384 e. The van der Waals surface area contributed by atoms with Gasteiger partial charge in [0.25, 0.3) is 0 Å². The van der Waals surface area contributed by atoms with Crippen molar-refractivity contribution in [1.29, 1.82) is 0 Å². The van der Waals surface area contributed by atoms with Crippen LogP contribution in [0, 0.1) is 12.8 Å². The molecule has 0 radical (unpaired) electrons. The van der Waals surface area contributed by atoms with Gasteiger partial charge in [0.05, 0.1) is 0 Å². The Labute approximate surface area is 100 Å². The van der Waals surface area contributed by atoms with Crippen molar-refractivity contribution >= 4 is 21.6 Å². The van der Waals surface area contributed by atoms with Crippen LogP contribution in [0.5, 0.6) is 0 Å². The van der Waals surface area contributed by atoms with Gasteiger partial charge in [-0.15, -0.1) is 0 Å². The molecule has 1 aromatic carbocycles. The highest BCUT2D eigenvalue weighted by atomic mass is 79.9. The zero-order chi connectivity index (χ0) is 10.7. The van der Waals surface area contributed by atoms with E-state index in [-0.39, 0.29) is 0 Å². The van der Waals surface area contributed by atoms with E-state index in [0.29, 0.717) is 0 Å². The number of halogens is 1. The highest BCUT2D eigenvalue weighted by Gasteiger charge is 2.14. The maximum atomic E-state index is 3.58. The molecule has 1 aliphatic carbocycles. The van der Waals surface area contributed by atoms with E-state index >= 15 is 0 Å². The SMILES string of the molecule is Cc1ccc(Br)c(NCC2CCCC2)c1. The summed E-state index contributed by atoms with van der Waals surface area (Å²) in [6.45, 7) is 3.26. The van der Waals surface area contributed by atoms with Crippen molar-refractivity contribution in [1.82, 2.24) is 0 Å². The molecule has 0 saturated heterocycles. The fourth-order valence-corrected chi connectivity index (χ4v) is 2.63. The lowest BCUT2D eigenvalue weighted by Crippen LogP contribution is -2.11.